The molecule has 0 saturated carbocycles. The first kappa shape index (κ1) is 11.0. The van der Waals surface area contributed by atoms with Gasteiger partial charge in [-0.1, -0.05) is 0 Å². The quantitative estimate of drug-likeness (QED) is 0.822. The Morgan fingerprint density at radius 3 is 2.80 bits per heavy atom. The fraction of sp³-hybridized carbons (Fsp3) is 0.500. The van der Waals surface area contributed by atoms with E-state index in [-0.39, 0.29) is 0 Å². The number of hydrogen-bond donors (Lipinski definition) is 2. The van der Waals surface area contributed by atoms with E-state index in [0.717, 1.165) is 29.5 Å². The fourth-order valence-electron chi connectivity index (χ4n) is 2.29. The van der Waals surface area contributed by atoms with Gasteiger partial charge in [0, 0.05) is 18.0 Å². The van der Waals surface area contributed by atoms with Crippen molar-refractivity contribution in [2.24, 2.45) is 0 Å². The summed E-state index contributed by atoms with van der Waals surface area (Å²) in [5, 5.41) is 13.4. The van der Waals surface area contributed by atoms with E-state index in [1.807, 2.05) is 6.07 Å². The number of hydrogen-bond acceptors (Lipinski definition) is 2. The average Bonchev–Trinajstić information content (AvgIpc) is 2.69. The molecule has 1 atom stereocenters. The second-order valence-corrected chi connectivity index (χ2v) is 5.11. The van der Waals surface area contributed by atoms with Crippen molar-refractivity contribution in [3.63, 3.8) is 0 Å². The van der Waals surface area contributed by atoms with Crippen LogP contribution in [0.1, 0.15) is 29.0 Å². The van der Waals surface area contributed by atoms with Crippen LogP contribution < -0.4 is 5.32 Å². The van der Waals surface area contributed by atoms with Gasteiger partial charge in [-0.3, -0.25) is 0 Å². The Hall–Kier alpha value is -0.540. The maximum atomic E-state index is 10.1. The van der Waals surface area contributed by atoms with Crippen LogP contribution in [0, 0.1) is 13.8 Å². The highest BCUT2D eigenvalue weighted by Gasteiger charge is 2.23. The summed E-state index contributed by atoms with van der Waals surface area (Å²) < 4.78 is 0.813. The van der Waals surface area contributed by atoms with E-state index in [9.17, 15) is 5.11 Å². The molecule has 1 aliphatic rings. The van der Waals surface area contributed by atoms with Crippen LogP contribution in [0.4, 0.5) is 0 Å². The Labute approximate surface area is 98.8 Å². The van der Waals surface area contributed by atoms with Crippen molar-refractivity contribution in [2.75, 3.05) is 13.1 Å². The molecule has 2 rings (SSSR count). The smallest absolute Gasteiger partial charge is 0.133 e. The lowest BCUT2D eigenvalue weighted by Gasteiger charge is -2.17. The summed E-state index contributed by atoms with van der Waals surface area (Å²) in [6.07, 6.45) is 1.12. The van der Waals surface area contributed by atoms with Gasteiger partial charge in [0.1, 0.15) is 5.75 Å². The molecule has 82 valence electrons. The lowest BCUT2D eigenvalue weighted by Crippen LogP contribution is -2.09. The number of phenols is 1. The number of benzene rings is 1. The maximum absolute atomic E-state index is 10.1. The first-order valence-electron chi connectivity index (χ1n) is 5.30. The van der Waals surface area contributed by atoms with E-state index >= 15 is 0 Å². The Kier molecular flexibility index (Phi) is 3.03. The van der Waals surface area contributed by atoms with E-state index in [0.29, 0.717) is 11.7 Å². The van der Waals surface area contributed by atoms with Gasteiger partial charge in [-0.05, 0) is 59.9 Å². The molecule has 2 N–H and O–H groups in total. The molecule has 0 amide bonds. The zero-order valence-corrected chi connectivity index (χ0v) is 10.7. The van der Waals surface area contributed by atoms with Gasteiger partial charge in [0.2, 0.25) is 0 Å². The zero-order valence-electron chi connectivity index (χ0n) is 9.10. The molecule has 0 spiro atoms. The molecular weight excluding hydrogens is 254 g/mol. The fourth-order valence-corrected chi connectivity index (χ4v) is 2.84. The third-order valence-electron chi connectivity index (χ3n) is 3.29. The van der Waals surface area contributed by atoms with Crippen molar-refractivity contribution >= 4 is 15.9 Å². The highest BCUT2D eigenvalue weighted by molar-refractivity contribution is 9.10. The Morgan fingerprint density at radius 1 is 1.47 bits per heavy atom. The van der Waals surface area contributed by atoms with Gasteiger partial charge in [0.15, 0.2) is 0 Å². The summed E-state index contributed by atoms with van der Waals surface area (Å²) in [4.78, 5) is 0. The molecule has 1 heterocycles. The molecule has 2 nitrogen and oxygen atoms in total. The first-order chi connectivity index (χ1) is 7.11. The Balaban J connectivity index is 2.52. The van der Waals surface area contributed by atoms with Crippen molar-refractivity contribution < 1.29 is 5.11 Å². The zero-order chi connectivity index (χ0) is 11.0. The number of aryl methyl sites for hydroxylation is 1. The number of aromatic hydroxyl groups is 1. The van der Waals surface area contributed by atoms with E-state index < -0.39 is 0 Å². The minimum absolute atomic E-state index is 0.423. The molecule has 1 aliphatic heterocycles. The van der Waals surface area contributed by atoms with Crippen LogP contribution in [-0.4, -0.2) is 18.2 Å². The van der Waals surface area contributed by atoms with Crippen LogP contribution in [0.3, 0.4) is 0 Å². The summed E-state index contributed by atoms with van der Waals surface area (Å²) in [6, 6.07) is 1.98. The van der Waals surface area contributed by atoms with Gasteiger partial charge in [-0.25, -0.2) is 0 Å². The third kappa shape index (κ3) is 1.91. The third-order valence-corrected chi connectivity index (χ3v) is 3.89. The molecule has 0 bridgehead atoms. The molecule has 15 heavy (non-hydrogen) atoms. The van der Waals surface area contributed by atoms with Gasteiger partial charge in [-0.2, -0.15) is 0 Å². The molecule has 1 aromatic rings. The summed E-state index contributed by atoms with van der Waals surface area (Å²) in [7, 11) is 0. The van der Waals surface area contributed by atoms with E-state index in [4.69, 9.17) is 0 Å². The van der Waals surface area contributed by atoms with Crippen LogP contribution in [0.5, 0.6) is 5.75 Å². The molecule has 1 unspecified atom stereocenters. The van der Waals surface area contributed by atoms with Crippen molar-refractivity contribution in [3.8, 4) is 5.75 Å². The number of halogens is 1. The molecule has 1 saturated heterocycles. The lowest BCUT2D eigenvalue weighted by molar-refractivity contribution is 0.458. The van der Waals surface area contributed by atoms with Crippen LogP contribution in [-0.2, 0) is 0 Å². The van der Waals surface area contributed by atoms with Crippen molar-refractivity contribution in [1.29, 1.82) is 0 Å². The summed E-state index contributed by atoms with van der Waals surface area (Å²) in [5.74, 6) is 0.882. The lowest BCUT2D eigenvalue weighted by atomic mass is 9.91. The summed E-state index contributed by atoms with van der Waals surface area (Å²) in [6.45, 7) is 6.21. The molecule has 1 fully saturated rings. The maximum Gasteiger partial charge on any atom is 0.133 e. The van der Waals surface area contributed by atoms with Crippen LogP contribution in [0.15, 0.2) is 10.5 Å². The Morgan fingerprint density at radius 2 is 2.20 bits per heavy atom. The van der Waals surface area contributed by atoms with Crippen molar-refractivity contribution in [2.45, 2.75) is 26.2 Å². The van der Waals surface area contributed by atoms with Crippen LogP contribution in [0.2, 0.25) is 0 Å². The highest BCUT2D eigenvalue weighted by Crippen LogP contribution is 2.39. The molecule has 1 aromatic carbocycles. The SMILES string of the molecule is Cc1cc(Br)c(O)c(C2CCNC2)c1C. The molecule has 0 radical (unpaired) electrons. The molecule has 0 aromatic heterocycles. The monoisotopic (exact) mass is 269 g/mol. The highest BCUT2D eigenvalue weighted by atomic mass is 79.9. The molecule has 0 aliphatic carbocycles. The normalized spacial score (nSPS) is 20.9. The van der Waals surface area contributed by atoms with Crippen molar-refractivity contribution in [3.05, 3.63) is 27.2 Å². The van der Waals surface area contributed by atoms with Gasteiger partial charge in [-0.15, -0.1) is 0 Å². The van der Waals surface area contributed by atoms with E-state index in [1.54, 1.807) is 0 Å². The van der Waals surface area contributed by atoms with Crippen LogP contribution in [0.25, 0.3) is 0 Å². The van der Waals surface area contributed by atoms with Crippen molar-refractivity contribution in [1.82, 2.24) is 5.32 Å². The molecule has 3 heteroatoms. The predicted molar refractivity (Wildman–Crippen MR) is 65.5 cm³/mol. The summed E-state index contributed by atoms with van der Waals surface area (Å²) in [5.41, 5.74) is 3.58. The van der Waals surface area contributed by atoms with Gasteiger partial charge in [0.25, 0.3) is 0 Å². The van der Waals surface area contributed by atoms with E-state index in [1.165, 1.54) is 11.1 Å². The first-order valence-corrected chi connectivity index (χ1v) is 6.10. The number of rotatable bonds is 1. The van der Waals surface area contributed by atoms with E-state index in [2.05, 4.69) is 35.1 Å². The minimum atomic E-state index is 0.423. The van der Waals surface area contributed by atoms with Gasteiger partial charge in [0.05, 0.1) is 4.47 Å². The topological polar surface area (TPSA) is 32.3 Å². The molecular formula is C12H16BrNO. The van der Waals surface area contributed by atoms with Gasteiger partial charge >= 0.3 is 0 Å². The second kappa shape index (κ2) is 4.14. The second-order valence-electron chi connectivity index (χ2n) is 4.25. The largest absolute Gasteiger partial charge is 0.506 e. The standard InChI is InChI=1S/C12H16BrNO/c1-7-5-10(13)12(15)11(8(7)2)9-3-4-14-6-9/h5,9,14-15H,3-4,6H2,1-2H3. The Bertz CT molecular complexity index is 357. The average molecular weight is 270 g/mol. The number of nitrogens with one attached hydrogen (secondary N) is 1. The minimum Gasteiger partial charge on any atom is -0.506 e. The predicted octanol–water partition coefficient (Wildman–Crippen LogP) is 2.85. The number of phenolic OH excluding ortho intramolecular Hbond substituents is 1. The van der Waals surface area contributed by atoms with Crippen LogP contribution >= 0.6 is 15.9 Å². The van der Waals surface area contributed by atoms with Gasteiger partial charge < -0.3 is 10.4 Å². The summed E-state index contributed by atoms with van der Waals surface area (Å²) >= 11 is 3.41.